The van der Waals surface area contributed by atoms with Gasteiger partial charge in [-0.25, -0.2) is 8.42 Å². The van der Waals surface area contributed by atoms with Crippen LogP contribution in [-0.2, 0) is 22.9 Å². The van der Waals surface area contributed by atoms with Gasteiger partial charge in [-0.05, 0) is 12.3 Å². The second kappa shape index (κ2) is 3.94. The molecule has 1 saturated heterocycles. The Morgan fingerprint density at radius 2 is 2.40 bits per heavy atom. The molecule has 0 bridgehead atoms. The van der Waals surface area contributed by atoms with Crippen molar-refractivity contribution in [3.05, 3.63) is 17.5 Å². The number of hydrogen-bond acceptors (Lipinski definition) is 5. The normalized spacial score (nSPS) is 24.5. The molecule has 0 aromatic carbocycles. The molecule has 1 atom stereocenters. The zero-order chi connectivity index (χ0) is 10.9. The van der Waals surface area contributed by atoms with E-state index in [1.807, 2.05) is 0 Å². The number of rotatable bonds is 3. The van der Waals surface area contributed by atoms with Gasteiger partial charge in [-0.1, -0.05) is 5.16 Å². The van der Waals surface area contributed by atoms with E-state index >= 15 is 0 Å². The predicted molar refractivity (Wildman–Crippen MR) is 52.9 cm³/mol. The Bertz CT molecular complexity index is 437. The topological polar surface area (TPSA) is 80.4 Å². The van der Waals surface area contributed by atoms with E-state index in [2.05, 4.69) is 5.16 Å². The lowest BCUT2D eigenvalue weighted by Gasteiger charge is -2.02. The van der Waals surface area contributed by atoms with Crippen LogP contribution in [0.1, 0.15) is 17.9 Å². The Labute approximate surface area is 88.0 Å². The summed E-state index contributed by atoms with van der Waals surface area (Å²) < 4.78 is 27.4. The molecule has 1 aromatic rings. The fourth-order valence-corrected chi connectivity index (χ4v) is 3.71. The zero-order valence-corrected chi connectivity index (χ0v) is 9.03. The summed E-state index contributed by atoms with van der Waals surface area (Å²) in [6.07, 6.45) is 1.28. The molecule has 2 heterocycles. The number of sulfone groups is 1. The van der Waals surface area contributed by atoms with Crippen molar-refractivity contribution < 1.29 is 18.0 Å². The largest absolute Gasteiger partial charge is 0.390 e. The molecule has 1 fully saturated rings. The van der Waals surface area contributed by atoms with Crippen LogP contribution in [0.25, 0.3) is 0 Å². The molecule has 1 N–H and O–H groups in total. The van der Waals surface area contributed by atoms with Gasteiger partial charge in [-0.15, -0.1) is 0 Å². The molecule has 0 amide bonds. The molecule has 1 aliphatic rings. The van der Waals surface area contributed by atoms with Crippen LogP contribution in [0.4, 0.5) is 0 Å². The second-order valence-corrected chi connectivity index (χ2v) is 6.14. The first-order valence-corrected chi connectivity index (χ1v) is 6.67. The maximum Gasteiger partial charge on any atom is 0.150 e. The van der Waals surface area contributed by atoms with E-state index in [0.717, 1.165) is 0 Å². The summed E-state index contributed by atoms with van der Waals surface area (Å²) in [5.74, 6) is 1.30. The van der Waals surface area contributed by atoms with Crippen molar-refractivity contribution in [2.75, 3.05) is 11.5 Å². The standard InChI is InChI=1S/C9H13NO4S/c11-5-8-4-9(14-10-8)3-7-1-2-15(12,13)6-7/h4,7,11H,1-3,5-6H2. The molecule has 2 rings (SSSR count). The summed E-state index contributed by atoms with van der Waals surface area (Å²) in [4.78, 5) is 0. The lowest BCUT2D eigenvalue weighted by molar-refractivity contribution is 0.264. The first-order chi connectivity index (χ1) is 7.09. The maximum atomic E-state index is 11.2. The molecule has 1 aromatic heterocycles. The minimum atomic E-state index is -2.83. The van der Waals surface area contributed by atoms with Crippen molar-refractivity contribution in [3.63, 3.8) is 0 Å². The van der Waals surface area contributed by atoms with Crippen molar-refractivity contribution >= 4 is 9.84 Å². The van der Waals surface area contributed by atoms with Crippen LogP contribution in [0, 0.1) is 5.92 Å². The van der Waals surface area contributed by atoms with Gasteiger partial charge in [-0.3, -0.25) is 0 Å². The van der Waals surface area contributed by atoms with Crippen molar-refractivity contribution in [1.29, 1.82) is 0 Å². The van der Waals surface area contributed by atoms with Crippen LogP contribution in [0.15, 0.2) is 10.6 Å². The van der Waals surface area contributed by atoms with Crippen molar-refractivity contribution in [1.82, 2.24) is 5.16 Å². The summed E-state index contributed by atoms with van der Waals surface area (Å²) in [5.41, 5.74) is 0.492. The van der Waals surface area contributed by atoms with Crippen LogP contribution in [0.3, 0.4) is 0 Å². The highest BCUT2D eigenvalue weighted by molar-refractivity contribution is 7.91. The van der Waals surface area contributed by atoms with E-state index in [9.17, 15) is 8.42 Å². The van der Waals surface area contributed by atoms with Gasteiger partial charge in [0.1, 0.15) is 11.5 Å². The van der Waals surface area contributed by atoms with Gasteiger partial charge in [0.25, 0.3) is 0 Å². The van der Waals surface area contributed by atoms with Crippen LogP contribution in [0.2, 0.25) is 0 Å². The van der Waals surface area contributed by atoms with Crippen LogP contribution >= 0.6 is 0 Å². The summed E-state index contributed by atoms with van der Waals surface area (Å²) in [6, 6.07) is 1.67. The summed E-state index contributed by atoms with van der Waals surface area (Å²) in [5, 5.41) is 12.4. The van der Waals surface area contributed by atoms with E-state index in [4.69, 9.17) is 9.63 Å². The molecule has 0 radical (unpaired) electrons. The van der Waals surface area contributed by atoms with Gasteiger partial charge in [0.05, 0.1) is 18.1 Å². The van der Waals surface area contributed by atoms with Gasteiger partial charge < -0.3 is 9.63 Å². The molecule has 15 heavy (non-hydrogen) atoms. The molecular formula is C9H13NO4S. The van der Waals surface area contributed by atoms with Crippen molar-refractivity contribution in [2.24, 2.45) is 5.92 Å². The third-order valence-corrected chi connectivity index (χ3v) is 4.42. The van der Waals surface area contributed by atoms with Crippen LogP contribution in [-0.4, -0.2) is 30.2 Å². The molecular weight excluding hydrogens is 218 g/mol. The second-order valence-electron chi connectivity index (χ2n) is 3.92. The highest BCUT2D eigenvalue weighted by atomic mass is 32.2. The number of nitrogens with zero attached hydrogens (tertiary/aromatic N) is 1. The Hall–Kier alpha value is -0.880. The molecule has 0 aliphatic carbocycles. The Balaban J connectivity index is 1.98. The number of hydrogen-bond donors (Lipinski definition) is 1. The molecule has 6 heteroatoms. The van der Waals surface area contributed by atoms with Crippen molar-refractivity contribution in [3.8, 4) is 0 Å². The fourth-order valence-electron chi connectivity index (χ4n) is 1.84. The first-order valence-electron chi connectivity index (χ1n) is 4.85. The highest BCUT2D eigenvalue weighted by Crippen LogP contribution is 2.22. The zero-order valence-electron chi connectivity index (χ0n) is 8.22. The number of aliphatic hydroxyl groups is 1. The average Bonchev–Trinajstić information content (AvgIpc) is 2.73. The summed E-state index contributed by atoms with van der Waals surface area (Å²) >= 11 is 0. The lowest BCUT2D eigenvalue weighted by atomic mass is 10.0. The monoisotopic (exact) mass is 231 g/mol. The molecule has 1 unspecified atom stereocenters. The minimum absolute atomic E-state index is 0.134. The predicted octanol–water partition coefficient (Wildman–Crippen LogP) is 0.144. The van der Waals surface area contributed by atoms with Gasteiger partial charge in [0.15, 0.2) is 9.84 Å². The van der Waals surface area contributed by atoms with E-state index in [-0.39, 0.29) is 24.0 Å². The minimum Gasteiger partial charge on any atom is -0.390 e. The quantitative estimate of drug-likeness (QED) is 0.800. The molecule has 0 saturated carbocycles. The average molecular weight is 231 g/mol. The Kier molecular flexibility index (Phi) is 2.79. The third-order valence-electron chi connectivity index (χ3n) is 2.59. The maximum absolute atomic E-state index is 11.2. The lowest BCUT2D eigenvalue weighted by Crippen LogP contribution is -2.06. The molecule has 84 valence electrons. The number of aliphatic hydroxyl groups excluding tert-OH is 1. The Morgan fingerprint density at radius 1 is 1.60 bits per heavy atom. The van der Waals surface area contributed by atoms with E-state index < -0.39 is 9.84 Å². The van der Waals surface area contributed by atoms with E-state index in [0.29, 0.717) is 24.3 Å². The van der Waals surface area contributed by atoms with E-state index in [1.165, 1.54) is 0 Å². The number of aromatic nitrogens is 1. The van der Waals surface area contributed by atoms with Crippen LogP contribution in [0.5, 0.6) is 0 Å². The van der Waals surface area contributed by atoms with E-state index in [1.54, 1.807) is 6.07 Å². The summed E-state index contributed by atoms with van der Waals surface area (Å²) in [7, 11) is -2.83. The van der Waals surface area contributed by atoms with Gasteiger partial charge in [0, 0.05) is 12.5 Å². The highest BCUT2D eigenvalue weighted by Gasteiger charge is 2.28. The SMILES string of the molecule is O=S1(=O)CCC(Cc2cc(CO)no2)C1. The summed E-state index contributed by atoms with van der Waals surface area (Å²) in [6.45, 7) is -0.146. The first kappa shape index (κ1) is 10.6. The van der Waals surface area contributed by atoms with Gasteiger partial charge in [-0.2, -0.15) is 0 Å². The molecule has 0 spiro atoms. The fraction of sp³-hybridized carbons (Fsp3) is 0.667. The Morgan fingerprint density at radius 3 is 2.93 bits per heavy atom. The van der Waals surface area contributed by atoms with Crippen LogP contribution < -0.4 is 0 Å². The smallest absolute Gasteiger partial charge is 0.150 e. The van der Waals surface area contributed by atoms with Crippen molar-refractivity contribution in [2.45, 2.75) is 19.4 Å². The molecule has 1 aliphatic heterocycles. The van der Waals surface area contributed by atoms with Gasteiger partial charge in [0.2, 0.25) is 0 Å². The third kappa shape index (κ3) is 2.57. The molecule has 5 nitrogen and oxygen atoms in total. The van der Waals surface area contributed by atoms with Gasteiger partial charge >= 0.3 is 0 Å².